The van der Waals surface area contributed by atoms with E-state index in [4.69, 9.17) is 4.42 Å². The Bertz CT molecular complexity index is 316. The highest BCUT2D eigenvalue weighted by Gasteiger charge is 2.15. The maximum absolute atomic E-state index is 11.8. The number of hydrogen-bond acceptors (Lipinski definition) is 3. The van der Waals surface area contributed by atoms with E-state index in [1.807, 2.05) is 17.0 Å². The van der Waals surface area contributed by atoms with E-state index in [0.717, 1.165) is 31.7 Å². The van der Waals surface area contributed by atoms with E-state index in [0.29, 0.717) is 13.1 Å². The van der Waals surface area contributed by atoms with E-state index in [-0.39, 0.29) is 5.91 Å². The van der Waals surface area contributed by atoms with Crippen LogP contribution in [0.2, 0.25) is 0 Å². The standard InChI is InChI=1S/C12H18N2O2/c15-12(14-6-2-1-3-7-14)10-13-9-11-5-4-8-16-11/h4-5,8,13H,1-3,6-7,9-10H2. The van der Waals surface area contributed by atoms with E-state index in [1.54, 1.807) is 6.26 Å². The molecule has 16 heavy (non-hydrogen) atoms. The van der Waals surface area contributed by atoms with Crippen molar-refractivity contribution in [3.63, 3.8) is 0 Å². The Hall–Kier alpha value is -1.29. The van der Waals surface area contributed by atoms with E-state index < -0.39 is 0 Å². The van der Waals surface area contributed by atoms with Gasteiger partial charge in [-0.25, -0.2) is 0 Å². The van der Waals surface area contributed by atoms with Gasteiger partial charge in [-0.05, 0) is 31.4 Å². The highest BCUT2D eigenvalue weighted by molar-refractivity contribution is 5.78. The average Bonchev–Trinajstić information content (AvgIpc) is 2.83. The average molecular weight is 222 g/mol. The van der Waals surface area contributed by atoms with Gasteiger partial charge in [-0.15, -0.1) is 0 Å². The summed E-state index contributed by atoms with van der Waals surface area (Å²) >= 11 is 0. The Kier molecular flexibility index (Phi) is 3.99. The van der Waals surface area contributed by atoms with Gasteiger partial charge in [0, 0.05) is 13.1 Å². The number of hydrogen-bond donors (Lipinski definition) is 1. The molecule has 0 spiro atoms. The van der Waals surface area contributed by atoms with Crippen molar-refractivity contribution in [3.8, 4) is 0 Å². The van der Waals surface area contributed by atoms with E-state index >= 15 is 0 Å². The van der Waals surface area contributed by atoms with Gasteiger partial charge in [0.2, 0.25) is 5.91 Å². The Morgan fingerprint density at radius 1 is 1.38 bits per heavy atom. The summed E-state index contributed by atoms with van der Waals surface area (Å²) in [6, 6.07) is 3.75. The van der Waals surface area contributed by atoms with Crippen molar-refractivity contribution in [3.05, 3.63) is 24.2 Å². The first-order valence-corrected chi connectivity index (χ1v) is 5.87. The number of furan rings is 1. The molecule has 1 aromatic rings. The van der Waals surface area contributed by atoms with Crippen molar-refractivity contribution in [2.45, 2.75) is 25.8 Å². The fourth-order valence-corrected chi connectivity index (χ4v) is 1.96. The van der Waals surface area contributed by atoms with Gasteiger partial charge in [0.05, 0.1) is 19.4 Å². The van der Waals surface area contributed by atoms with Crippen molar-refractivity contribution in [2.75, 3.05) is 19.6 Å². The molecule has 4 nitrogen and oxygen atoms in total. The summed E-state index contributed by atoms with van der Waals surface area (Å²) in [4.78, 5) is 13.7. The molecule has 0 unspecified atom stereocenters. The lowest BCUT2D eigenvalue weighted by Gasteiger charge is -2.26. The highest BCUT2D eigenvalue weighted by atomic mass is 16.3. The molecule has 0 bridgehead atoms. The summed E-state index contributed by atoms with van der Waals surface area (Å²) in [6.07, 6.45) is 5.18. The largest absolute Gasteiger partial charge is 0.468 e. The van der Waals surface area contributed by atoms with Gasteiger partial charge in [0.25, 0.3) is 0 Å². The number of rotatable bonds is 4. The predicted octanol–water partition coefficient (Wildman–Crippen LogP) is 1.38. The van der Waals surface area contributed by atoms with Crippen LogP contribution in [0, 0.1) is 0 Å². The monoisotopic (exact) mass is 222 g/mol. The Morgan fingerprint density at radius 2 is 2.19 bits per heavy atom. The van der Waals surface area contributed by atoms with Crippen LogP contribution in [0.5, 0.6) is 0 Å². The molecule has 0 atom stereocenters. The fourth-order valence-electron chi connectivity index (χ4n) is 1.96. The van der Waals surface area contributed by atoms with Crippen LogP contribution in [0.25, 0.3) is 0 Å². The van der Waals surface area contributed by atoms with Crippen LogP contribution in [-0.2, 0) is 11.3 Å². The molecule has 88 valence electrons. The molecule has 2 heterocycles. The molecule has 2 rings (SSSR count). The van der Waals surface area contributed by atoms with E-state index in [2.05, 4.69) is 5.32 Å². The number of carbonyl (C=O) groups is 1. The zero-order chi connectivity index (χ0) is 11.2. The molecule has 4 heteroatoms. The van der Waals surface area contributed by atoms with Crippen LogP contribution in [0.3, 0.4) is 0 Å². The zero-order valence-electron chi connectivity index (χ0n) is 9.45. The van der Waals surface area contributed by atoms with Crippen LogP contribution in [0.1, 0.15) is 25.0 Å². The van der Waals surface area contributed by atoms with Gasteiger partial charge in [0.15, 0.2) is 0 Å². The molecule has 0 radical (unpaired) electrons. The molecule has 1 aliphatic heterocycles. The lowest BCUT2D eigenvalue weighted by atomic mass is 10.1. The smallest absolute Gasteiger partial charge is 0.236 e. The third-order valence-electron chi connectivity index (χ3n) is 2.86. The van der Waals surface area contributed by atoms with Crippen LogP contribution < -0.4 is 5.32 Å². The number of carbonyl (C=O) groups excluding carboxylic acids is 1. The maximum Gasteiger partial charge on any atom is 0.236 e. The number of nitrogens with one attached hydrogen (secondary N) is 1. The summed E-state index contributed by atoms with van der Waals surface area (Å²) in [6.45, 7) is 2.86. The van der Waals surface area contributed by atoms with Crippen LogP contribution in [0.15, 0.2) is 22.8 Å². The van der Waals surface area contributed by atoms with E-state index in [9.17, 15) is 4.79 Å². The first-order valence-electron chi connectivity index (χ1n) is 5.87. The zero-order valence-corrected chi connectivity index (χ0v) is 9.45. The second-order valence-corrected chi connectivity index (χ2v) is 4.12. The number of piperidine rings is 1. The Labute approximate surface area is 95.6 Å². The summed E-state index contributed by atoms with van der Waals surface area (Å²) < 4.78 is 5.17. The molecule has 1 aliphatic rings. The molecule has 1 aromatic heterocycles. The van der Waals surface area contributed by atoms with Crippen molar-refractivity contribution in [2.24, 2.45) is 0 Å². The molecule has 1 fully saturated rings. The Balaban J connectivity index is 1.67. The van der Waals surface area contributed by atoms with Crippen LogP contribution in [-0.4, -0.2) is 30.4 Å². The first-order chi connectivity index (χ1) is 7.86. The molecule has 1 saturated heterocycles. The molecule has 0 aliphatic carbocycles. The topological polar surface area (TPSA) is 45.5 Å². The quantitative estimate of drug-likeness (QED) is 0.837. The van der Waals surface area contributed by atoms with Crippen LogP contribution in [0.4, 0.5) is 0 Å². The van der Waals surface area contributed by atoms with Crippen molar-refractivity contribution in [1.82, 2.24) is 10.2 Å². The number of nitrogens with zero attached hydrogens (tertiary/aromatic N) is 1. The third kappa shape index (κ3) is 3.10. The number of likely N-dealkylation sites (tertiary alicyclic amines) is 1. The first kappa shape index (κ1) is 11.2. The summed E-state index contributed by atoms with van der Waals surface area (Å²) in [5.74, 6) is 1.07. The van der Waals surface area contributed by atoms with E-state index in [1.165, 1.54) is 6.42 Å². The van der Waals surface area contributed by atoms with Gasteiger partial charge in [-0.3, -0.25) is 4.79 Å². The van der Waals surface area contributed by atoms with Gasteiger partial charge >= 0.3 is 0 Å². The minimum absolute atomic E-state index is 0.200. The summed E-state index contributed by atoms with van der Waals surface area (Å²) in [5.41, 5.74) is 0. The van der Waals surface area contributed by atoms with Gasteiger partial charge in [0.1, 0.15) is 5.76 Å². The highest BCUT2D eigenvalue weighted by Crippen LogP contribution is 2.08. The maximum atomic E-state index is 11.8. The minimum atomic E-state index is 0.200. The lowest BCUT2D eigenvalue weighted by molar-refractivity contribution is -0.131. The van der Waals surface area contributed by atoms with Gasteiger partial charge in [-0.1, -0.05) is 0 Å². The SMILES string of the molecule is O=C(CNCc1ccco1)N1CCCCC1. The molecule has 1 amide bonds. The molecule has 0 saturated carbocycles. The minimum Gasteiger partial charge on any atom is -0.468 e. The second-order valence-electron chi connectivity index (χ2n) is 4.12. The second kappa shape index (κ2) is 5.70. The van der Waals surface area contributed by atoms with Crippen LogP contribution >= 0.6 is 0 Å². The molecule has 0 aromatic carbocycles. The molecule has 1 N–H and O–H groups in total. The lowest BCUT2D eigenvalue weighted by Crippen LogP contribution is -2.40. The third-order valence-corrected chi connectivity index (χ3v) is 2.86. The van der Waals surface area contributed by atoms with Gasteiger partial charge < -0.3 is 14.6 Å². The summed E-state index contributed by atoms with van der Waals surface area (Å²) in [7, 11) is 0. The van der Waals surface area contributed by atoms with Crippen molar-refractivity contribution >= 4 is 5.91 Å². The normalized spacial score (nSPS) is 16.4. The van der Waals surface area contributed by atoms with Gasteiger partial charge in [-0.2, -0.15) is 0 Å². The molecular weight excluding hydrogens is 204 g/mol. The van der Waals surface area contributed by atoms with Crippen molar-refractivity contribution in [1.29, 1.82) is 0 Å². The number of amides is 1. The predicted molar refractivity (Wildman–Crippen MR) is 60.8 cm³/mol. The van der Waals surface area contributed by atoms with Crippen molar-refractivity contribution < 1.29 is 9.21 Å². The Morgan fingerprint density at radius 3 is 2.88 bits per heavy atom. The summed E-state index contributed by atoms with van der Waals surface area (Å²) in [5, 5.41) is 3.10. The molecular formula is C12H18N2O2. The fraction of sp³-hybridized carbons (Fsp3) is 0.583.